The molecule has 1 heterocycles. The minimum absolute atomic E-state index is 0.00222. The van der Waals surface area contributed by atoms with Crippen LogP contribution in [0, 0.1) is 6.92 Å². The molecule has 2 aromatic carbocycles. The summed E-state index contributed by atoms with van der Waals surface area (Å²) in [6.07, 6.45) is 2.51. The van der Waals surface area contributed by atoms with Gasteiger partial charge in [0.25, 0.3) is 5.91 Å². The highest BCUT2D eigenvalue weighted by molar-refractivity contribution is 5.94. The molecule has 1 amide bonds. The summed E-state index contributed by atoms with van der Waals surface area (Å²) in [6.45, 7) is 3.96. The normalized spacial score (nSPS) is 13.0. The quantitative estimate of drug-likeness (QED) is 0.878. The summed E-state index contributed by atoms with van der Waals surface area (Å²) in [4.78, 5) is 14.8. The van der Waals surface area contributed by atoms with Crippen molar-refractivity contribution < 1.29 is 14.6 Å². The molecule has 0 unspecified atom stereocenters. The van der Waals surface area contributed by atoms with E-state index in [2.05, 4.69) is 24.3 Å². The number of ether oxygens (including phenoxy) is 1. The Morgan fingerprint density at radius 2 is 2.00 bits per heavy atom. The van der Waals surface area contributed by atoms with Crippen molar-refractivity contribution in [2.75, 3.05) is 19.8 Å². The lowest BCUT2D eigenvalue weighted by Crippen LogP contribution is -2.32. The van der Waals surface area contributed by atoms with Crippen LogP contribution in [0.3, 0.4) is 0 Å². The Bertz CT molecular complexity index is 724. The molecule has 0 aromatic heterocycles. The first-order chi connectivity index (χ1) is 12.2. The number of aliphatic hydroxyl groups is 1. The van der Waals surface area contributed by atoms with Gasteiger partial charge < -0.3 is 14.7 Å². The number of hydrogen-bond donors (Lipinski definition) is 1. The van der Waals surface area contributed by atoms with Gasteiger partial charge in [0.15, 0.2) is 0 Å². The number of nitrogens with zero attached hydrogens (tertiary/aromatic N) is 1. The molecule has 0 spiro atoms. The van der Waals surface area contributed by atoms with Gasteiger partial charge in [0.1, 0.15) is 5.75 Å². The predicted molar refractivity (Wildman–Crippen MR) is 97.9 cm³/mol. The lowest BCUT2D eigenvalue weighted by atomic mass is 10.0. The van der Waals surface area contributed by atoms with Crippen molar-refractivity contribution in [1.82, 2.24) is 4.90 Å². The van der Waals surface area contributed by atoms with E-state index in [0.717, 1.165) is 36.3 Å². The minimum atomic E-state index is 0.00222. The average molecular weight is 339 g/mol. The van der Waals surface area contributed by atoms with E-state index in [-0.39, 0.29) is 12.5 Å². The molecule has 0 bridgehead atoms. The Morgan fingerprint density at radius 3 is 2.76 bits per heavy atom. The Kier molecular flexibility index (Phi) is 5.71. The summed E-state index contributed by atoms with van der Waals surface area (Å²) in [7, 11) is 0. The Balaban J connectivity index is 1.79. The standard InChI is InChI=1S/C21H25NO3/c1-16-5-7-17(8-6-16)15-22(11-3-12-23)21(24)19-9-10-20-18(14-19)4-2-13-25-20/h5-10,14,23H,2-4,11-13,15H2,1H3. The second-order valence-electron chi connectivity index (χ2n) is 6.56. The number of fused-ring (bicyclic) bond motifs is 1. The minimum Gasteiger partial charge on any atom is -0.493 e. The van der Waals surface area contributed by atoms with E-state index in [1.54, 1.807) is 0 Å². The van der Waals surface area contributed by atoms with Crippen molar-refractivity contribution in [2.24, 2.45) is 0 Å². The first-order valence-corrected chi connectivity index (χ1v) is 8.89. The number of benzene rings is 2. The number of carbonyl (C=O) groups is 1. The van der Waals surface area contributed by atoms with E-state index in [0.29, 0.717) is 25.1 Å². The fraction of sp³-hybridized carbons (Fsp3) is 0.381. The lowest BCUT2D eigenvalue weighted by Gasteiger charge is -2.24. The summed E-state index contributed by atoms with van der Waals surface area (Å²) >= 11 is 0. The average Bonchev–Trinajstić information content (AvgIpc) is 2.65. The highest BCUT2D eigenvalue weighted by Gasteiger charge is 2.19. The molecular weight excluding hydrogens is 314 g/mol. The summed E-state index contributed by atoms with van der Waals surface area (Å²) in [6, 6.07) is 13.9. The first-order valence-electron chi connectivity index (χ1n) is 8.89. The Morgan fingerprint density at radius 1 is 1.20 bits per heavy atom. The van der Waals surface area contributed by atoms with Crippen LogP contribution < -0.4 is 4.74 Å². The summed E-state index contributed by atoms with van der Waals surface area (Å²) in [5, 5.41) is 9.17. The van der Waals surface area contributed by atoms with Gasteiger partial charge in [0.05, 0.1) is 6.61 Å². The molecule has 1 N–H and O–H groups in total. The monoisotopic (exact) mass is 339 g/mol. The van der Waals surface area contributed by atoms with E-state index < -0.39 is 0 Å². The predicted octanol–water partition coefficient (Wildman–Crippen LogP) is 3.34. The highest BCUT2D eigenvalue weighted by Crippen LogP contribution is 2.26. The number of hydrogen-bond acceptors (Lipinski definition) is 3. The van der Waals surface area contributed by atoms with Crippen LogP contribution in [0.15, 0.2) is 42.5 Å². The van der Waals surface area contributed by atoms with Gasteiger partial charge >= 0.3 is 0 Å². The van der Waals surface area contributed by atoms with Crippen molar-refractivity contribution in [3.05, 3.63) is 64.7 Å². The van der Waals surface area contributed by atoms with Crippen molar-refractivity contribution >= 4 is 5.91 Å². The molecule has 0 aliphatic carbocycles. The fourth-order valence-corrected chi connectivity index (χ4v) is 3.10. The molecule has 0 saturated carbocycles. The van der Waals surface area contributed by atoms with Crippen molar-refractivity contribution in [1.29, 1.82) is 0 Å². The lowest BCUT2D eigenvalue weighted by molar-refractivity contribution is 0.0732. The van der Waals surface area contributed by atoms with Gasteiger partial charge in [0.2, 0.25) is 0 Å². The molecule has 132 valence electrons. The van der Waals surface area contributed by atoms with Gasteiger partial charge in [-0.2, -0.15) is 0 Å². The third-order valence-electron chi connectivity index (χ3n) is 4.52. The number of aryl methyl sites for hydroxylation is 2. The van der Waals surface area contributed by atoms with Gasteiger partial charge in [-0.15, -0.1) is 0 Å². The highest BCUT2D eigenvalue weighted by atomic mass is 16.5. The molecule has 0 fully saturated rings. The number of rotatable bonds is 6. The number of amides is 1. The smallest absolute Gasteiger partial charge is 0.254 e. The topological polar surface area (TPSA) is 49.8 Å². The zero-order valence-electron chi connectivity index (χ0n) is 14.7. The number of aliphatic hydroxyl groups excluding tert-OH is 1. The van der Waals surface area contributed by atoms with Crippen LogP contribution in [0.25, 0.3) is 0 Å². The van der Waals surface area contributed by atoms with E-state index in [1.807, 2.05) is 30.0 Å². The van der Waals surface area contributed by atoms with Gasteiger partial charge in [-0.1, -0.05) is 29.8 Å². The van der Waals surface area contributed by atoms with Crippen LogP contribution >= 0.6 is 0 Å². The van der Waals surface area contributed by atoms with Crippen LogP contribution in [0.2, 0.25) is 0 Å². The molecular formula is C21H25NO3. The zero-order chi connectivity index (χ0) is 17.6. The third kappa shape index (κ3) is 4.40. The molecule has 4 nitrogen and oxygen atoms in total. The van der Waals surface area contributed by atoms with E-state index in [4.69, 9.17) is 4.74 Å². The molecule has 3 rings (SSSR count). The van der Waals surface area contributed by atoms with E-state index in [9.17, 15) is 9.90 Å². The second kappa shape index (κ2) is 8.17. The Hall–Kier alpha value is -2.33. The second-order valence-corrected chi connectivity index (χ2v) is 6.56. The largest absolute Gasteiger partial charge is 0.493 e. The van der Waals surface area contributed by atoms with Crippen LogP contribution in [0.5, 0.6) is 5.75 Å². The van der Waals surface area contributed by atoms with Gasteiger partial charge in [-0.05, 0) is 55.5 Å². The van der Waals surface area contributed by atoms with Crippen LogP contribution in [-0.2, 0) is 13.0 Å². The van der Waals surface area contributed by atoms with E-state index >= 15 is 0 Å². The molecule has 0 radical (unpaired) electrons. The van der Waals surface area contributed by atoms with E-state index in [1.165, 1.54) is 5.56 Å². The molecule has 25 heavy (non-hydrogen) atoms. The van der Waals surface area contributed by atoms with Gasteiger partial charge in [0, 0.05) is 25.3 Å². The maximum Gasteiger partial charge on any atom is 0.254 e. The molecule has 4 heteroatoms. The SMILES string of the molecule is Cc1ccc(CN(CCCO)C(=O)c2ccc3c(c2)CCCO3)cc1. The molecule has 1 aliphatic heterocycles. The maximum atomic E-state index is 13.0. The van der Waals surface area contributed by atoms with Crippen LogP contribution in [0.1, 0.15) is 39.9 Å². The number of carbonyl (C=O) groups excluding carboxylic acids is 1. The molecule has 0 atom stereocenters. The van der Waals surface area contributed by atoms with Crippen molar-refractivity contribution in [3.8, 4) is 5.75 Å². The summed E-state index contributed by atoms with van der Waals surface area (Å²) < 4.78 is 5.63. The van der Waals surface area contributed by atoms with Gasteiger partial charge in [-0.25, -0.2) is 0 Å². The van der Waals surface area contributed by atoms with Gasteiger partial charge in [-0.3, -0.25) is 4.79 Å². The summed E-state index contributed by atoms with van der Waals surface area (Å²) in [5.41, 5.74) is 4.09. The van der Waals surface area contributed by atoms with Crippen molar-refractivity contribution in [2.45, 2.75) is 32.7 Å². The van der Waals surface area contributed by atoms with Crippen molar-refractivity contribution in [3.63, 3.8) is 0 Å². The fourth-order valence-electron chi connectivity index (χ4n) is 3.10. The molecule has 1 aliphatic rings. The molecule has 0 saturated heterocycles. The Labute approximate surface area is 149 Å². The zero-order valence-corrected chi connectivity index (χ0v) is 14.7. The molecule has 2 aromatic rings. The maximum absolute atomic E-state index is 13.0. The first kappa shape index (κ1) is 17.5. The summed E-state index contributed by atoms with van der Waals surface area (Å²) in [5.74, 6) is 0.894. The van der Waals surface area contributed by atoms with Crippen LogP contribution in [0.4, 0.5) is 0 Å². The van der Waals surface area contributed by atoms with Crippen LogP contribution in [-0.4, -0.2) is 35.7 Å². The third-order valence-corrected chi connectivity index (χ3v) is 4.52.